The van der Waals surface area contributed by atoms with Crippen molar-refractivity contribution in [2.75, 3.05) is 17.7 Å². The summed E-state index contributed by atoms with van der Waals surface area (Å²) in [4.78, 5) is 8.84. The molecule has 2 aromatic heterocycles. The van der Waals surface area contributed by atoms with Crippen LogP contribution in [0, 0.1) is 6.92 Å². The number of furan rings is 1. The van der Waals surface area contributed by atoms with E-state index < -0.39 is 0 Å². The first-order valence-electron chi connectivity index (χ1n) is 6.51. The lowest BCUT2D eigenvalue weighted by Crippen LogP contribution is -2.09. The van der Waals surface area contributed by atoms with Crippen molar-refractivity contribution in [3.63, 3.8) is 0 Å². The number of hydrogen-bond donors (Lipinski definition) is 2. The molecule has 5 heteroatoms. The second-order valence-electron chi connectivity index (χ2n) is 4.47. The van der Waals surface area contributed by atoms with Crippen LogP contribution in [0.1, 0.15) is 37.2 Å². The van der Waals surface area contributed by atoms with Crippen LogP contribution in [0.25, 0.3) is 0 Å². The molecule has 1 unspecified atom stereocenters. The van der Waals surface area contributed by atoms with Crippen molar-refractivity contribution in [1.29, 1.82) is 0 Å². The lowest BCUT2D eigenvalue weighted by Gasteiger charge is -2.13. The predicted molar refractivity (Wildman–Crippen MR) is 76.4 cm³/mol. The van der Waals surface area contributed by atoms with Gasteiger partial charge in [0.15, 0.2) is 0 Å². The smallest absolute Gasteiger partial charge is 0.132 e. The molecule has 0 amide bonds. The lowest BCUT2D eigenvalue weighted by atomic mass is 10.2. The second kappa shape index (κ2) is 5.73. The van der Waals surface area contributed by atoms with E-state index in [9.17, 15) is 0 Å². The maximum absolute atomic E-state index is 5.61. The van der Waals surface area contributed by atoms with Gasteiger partial charge < -0.3 is 15.1 Å². The molecule has 19 heavy (non-hydrogen) atoms. The number of nitrogens with one attached hydrogen (secondary N) is 2. The molecule has 0 radical (unpaired) electrons. The van der Waals surface area contributed by atoms with Gasteiger partial charge in [0.2, 0.25) is 0 Å². The van der Waals surface area contributed by atoms with Gasteiger partial charge in [0.1, 0.15) is 29.0 Å². The molecule has 2 aromatic rings. The van der Waals surface area contributed by atoms with Crippen LogP contribution in [0.5, 0.6) is 0 Å². The van der Waals surface area contributed by atoms with Gasteiger partial charge in [0, 0.05) is 19.5 Å². The maximum atomic E-state index is 5.61. The number of anilines is 2. The van der Waals surface area contributed by atoms with E-state index in [0.717, 1.165) is 35.4 Å². The Morgan fingerprint density at radius 1 is 1.26 bits per heavy atom. The zero-order chi connectivity index (χ0) is 13.8. The van der Waals surface area contributed by atoms with Crippen LogP contribution in [0.15, 0.2) is 22.6 Å². The number of aryl methyl sites for hydroxylation is 2. The summed E-state index contributed by atoms with van der Waals surface area (Å²) in [5, 5.41) is 6.38. The second-order valence-corrected chi connectivity index (χ2v) is 4.47. The fourth-order valence-corrected chi connectivity index (χ4v) is 1.84. The molecule has 2 N–H and O–H groups in total. The average Bonchev–Trinajstić information content (AvgIpc) is 2.85. The first-order valence-corrected chi connectivity index (χ1v) is 6.51. The molecule has 0 aliphatic heterocycles. The minimum Gasteiger partial charge on any atom is -0.464 e. The van der Waals surface area contributed by atoms with E-state index in [-0.39, 0.29) is 6.04 Å². The van der Waals surface area contributed by atoms with E-state index in [1.165, 1.54) is 0 Å². The average molecular weight is 260 g/mol. The van der Waals surface area contributed by atoms with Crippen molar-refractivity contribution >= 4 is 11.6 Å². The number of hydrogen-bond acceptors (Lipinski definition) is 5. The minimum absolute atomic E-state index is 0.0676. The van der Waals surface area contributed by atoms with E-state index in [0.29, 0.717) is 0 Å². The molecule has 102 valence electrons. The summed E-state index contributed by atoms with van der Waals surface area (Å²) in [6.07, 6.45) is 0.804. The first-order chi connectivity index (χ1) is 9.12. The molecule has 2 rings (SSSR count). The SMILES string of the molecule is CCc1nc(NC)cc(NC(C)c2ccc(C)o2)n1. The Kier molecular flexibility index (Phi) is 4.04. The van der Waals surface area contributed by atoms with Crippen LogP contribution >= 0.6 is 0 Å². The van der Waals surface area contributed by atoms with Gasteiger partial charge in [-0.1, -0.05) is 6.92 Å². The minimum atomic E-state index is 0.0676. The van der Waals surface area contributed by atoms with Crippen molar-refractivity contribution in [2.24, 2.45) is 0 Å². The highest BCUT2D eigenvalue weighted by molar-refractivity contribution is 5.48. The third kappa shape index (κ3) is 3.24. The zero-order valence-electron chi connectivity index (χ0n) is 11.8. The van der Waals surface area contributed by atoms with Crippen molar-refractivity contribution < 1.29 is 4.42 Å². The van der Waals surface area contributed by atoms with Gasteiger partial charge in [-0.2, -0.15) is 0 Å². The summed E-state index contributed by atoms with van der Waals surface area (Å²) in [5.41, 5.74) is 0. The molecule has 2 heterocycles. The van der Waals surface area contributed by atoms with Gasteiger partial charge in [-0.15, -0.1) is 0 Å². The van der Waals surface area contributed by atoms with Crippen molar-refractivity contribution in [1.82, 2.24) is 9.97 Å². The van der Waals surface area contributed by atoms with E-state index in [2.05, 4.69) is 20.6 Å². The van der Waals surface area contributed by atoms with Gasteiger partial charge in [-0.25, -0.2) is 9.97 Å². The van der Waals surface area contributed by atoms with E-state index in [1.807, 2.05) is 46.0 Å². The Bertz CT molecular complexity index is 528. The van der Waals surface area contributed by atoms with E-state index in [4.69, 9.17) is 4.42 Å². The largest absolute Gasteiger partial charge is 0.464 e. The van der Waals surface area contributed by atoms with Crippen LogP contribution in [-0.2, 0) is 6.42 Å². The summed E-state index contributed by atoms with van der Waals surface area (Å²) in [5.74, 6) is 4.25. The molecule has 0 saturated carbocycles. The summed E-state index contributed by atoms with van der Waals surface area (Å²) < 4.78 is 5.61. The van der Waals surface area contributed by atoms with Crippen molar-refractivity contribution in [3.05, 3.63) is 35.5 Å². The first kappa shape index (κ1) is 13.4. The molecule has 0 saturated heterocycles. The number of aromatic nitrogens is 2. The fourth-order valence-electron chi connectivity index (χ4n) is 1.84. The molecule has 0 fully saturated rings. The summed E-state index contributed by atoms with van der Waals surface area (Å²) in [6.45, 7) is 6.03. The van der Waals surface area contributed by atoms with Crippen LogP contribution in [0.3, 0.4) is 0 Å². The van der Waals surface area contributed by atoms with E-state index >= 15 is 0 Å². The molecule has 0 aliphatic rings. The van der Waals surface area contributed by atoms with Crippen LogP contribution < -0.4 is 10.6 Å². The molecule has 0 bridgehead atoms. The fraction of sp³-hybridized carbons (Fsp3) is 0.429. The Morgan fingerprint density at radius 2 is 2.00 bits per heavy atom. The topological polar surface area (TPSA) is 63.0 Å². The molecule has 5 nitrogen and oxygen atoms in total. The molecule has 0 aliphatic carbocycles. The molecule has 0 aromatic carbocycles. The highest BCUT2D eigenvalue weighted by atomic mass is 16.3. The van der Waals surface area contributed by atoms with Gasteiger partial charge in [-0.05, 0) is 26.0 Å². The van der Waals surface area contributed by atoms with Gasteiger partial charge in [-0.3, -0.25) is 0 Å². The third-order valence-electron chi connectivity index (χ3n) is 2.90. The standard InChI is InChI=1S/C14H20N4O/c1-5-12-17-13(15-4)8-14(18-12)16-10(3)11-7-6-9(2)19-11/h6-8,10H,5H2,1-4H3,(H2,15,16,17,18). The van der Waals surface area contributed by atoms with Gasteiger partial charge >= 0.3 is 0 Å². The third-order valence-corrected chi connectivity index (χ3v) is 2.90. The van der Waals surface area contributed by atoms with E-state index in [1.54, 1.807) is 0 Å². The van der Waals surface area contributed by atoms with Gasteiger partial charge in [0.05, 0.1) is 6.04 Å². The van der Waals surface area contributed by atoms with Crippen LogP contribution in [0.2, 0.25) is 0 Å². The maximum Gasteiger partial charge on any atom is 0.132 e. The van der Waals surface area contributed by atoms with Crippen molar-refractivity contribution in [2.45, 2.75) is 33.2 Å². The van der Waals surface area contributed by atoms with Crippen LogP contribution in [-0.4, -0.2) is 17.0 Å². The Morgan fingerprint density at radius 3 is 2.58 bits per heavy atom. The summed E-state index contributed by atoms with van der Waals surface area (Å²) in [6, 6.07) is 5.90. The molecule has 0 spiro atoms. The highest BCUT2D eigenvalue weighted by Gasteiger charge is 2.11. The summed E-state index contributed by atoms with van der Waals surface area (Å²) >= 11 is 0. The molecule has 1 atom stereocenters. The number of rotatable bonds is 5. The monoisotopic (exact) mass is 260 g/mol. The lowest BCUT2D eigenvalue weighted by molar-refractivity contribution is 0.466. The van der Waals surface area contributed by atoms with Crippen LogP contribution in [0.4, 0.5) is 11.6 Å². The highest BCUT2D eigenvalue weighted by Crippen LogP contribution is 2.21. The Labute approximate surface area is 113 Å². The van der Waals surface area contributed by atoms with Crippen molar-refractivity contribution in [3.8, 4) is 0 Å². The Balaban J connectivity index is 2.18. The summed E-state index contributed by atoms with van der Waals surface area (Å²) in [7, 11) is 1.85. The zero-order valence-corrected chi connectivity index (χ0v) is 11.8. The van der Waals surface area contributed by atoms with Gasteiger partial charge in [0.25, 0.3) is 0 Å². The predicted octanol–water partition coefficient (Wildman–Crippen LogP) is 3.16. The quantitative estimate of drug-likeness (QED) is 0.864. The molecular formula is C14H20N4O. The molecular weight excluding hydrogens is 240 g/mol. The number of nitrogens with zero attached hydrogens (tertiary/aromatic N) is 2. The Hall–Kier alpha value is -2.04. The normalized spacial score (nSPS) is 12.2.